The summed E-state index contributed by atoms with van der Waals surface area (Å²) in [6.45, 7) is 4.91. The van der Waals surface area contributed by atoms with Gasteiger partial charge in [0.25, 0.3) is 10.0 Å². The highest BCUT2D eigenvalue weighted by Crippen LogP contribution is 2.34. The van der Waals surface area contributed by atoms with Crippen molar-refractivity contribution in [1.29, 1.82) is 0 Å². The molecule has 6 nitrogen and oxygen atoms in total. The molecule has 146 valence electrons. The summed E-state index contributed by atoms with van der Waals surface area (Å²) in [5.41, 5.74) is 2.98. The molecule has 0 amide bonds. The van der Waals surface area contributed by atoms with Gasteiger partial charge < -0.3 is 4.74 Å². The molecule has 3 aromatic rings. The summed E-state index contributed by atoms with van der Waals surface area (Å²) in [5.74, 6) is 0.783. The van der Waals surface area contributed by atoms with E-state index in [9.17, 15) is 8.42 Å². The number of rotatable bonds is 6. The first-order valence-corrected chi connectivity index (χ1v) is 10.7. The molecule has 1 aliphatic rings. The second-order valence-corrected chi connectivity index (χ2v) is 8.64. The first-order chi connectivity index (χ1) is 13.5. The Labute approximate surface area is 165 Å². The van der Waals surface area contributed by atoms with Gasteiger partial charge in [-0.25, -0.2) is 8.42 Å². The van der Waals surface area contributed by atoms with Crippen LogP contribution in [-0.4, -0.2) is 31.3 Å². The topological polar surface area (TPSA) is 64.4 Å². The maximum Gasteiger partial charge on any atom is 0.268 e. The van der Waals surface area contributed by atoms with Crippen LogP contribution in [-0.2, 0) is 23.0 Å². The lowest BCUT2D eigenvalue weighted by atomic mass is 10.2. The van der Waals surface area contributed by atoms with E-state index in [-0.39, 0.29) is 0 Å². The molecule has 0 spiro atoms. The lowest BCUT2D eigenvalue weighted by Crippen LogP contribution is -2.30. The third-order valence-corrected chi connectivity index (χ3v) is 7.09. The quantitative estimate of drug-likeness (QED) is 0.640. The Morgan fingerprint density at radius 3 is 2.54 bits per heavy atom. The molecule has 28 heavy (non-hydrogen) atoms. The van der Waals surface area contributed by atoms with Gasteiger partial charge in [0.2, 0.25) is 0 Å². The molecule has 0 aliphatic carbocycles. The normalized spacial score (nSPS) is 13.6. The number of nitrogens with zero attached hydrogens (tertiary/aromatic N) is 3. The van der Waals surface area contributed by atoms with Crippen molar-refractivity contribution < 1.29 is 13.2 Å². The molecule has 0 atom stereocenters. The molecule has 7 heteroatoms. The van der Waals surface area contributed by atoms with Gasteiger partial charge in [-0.3, -0.25) is 8.99 Å². The maximum absolute atomic E-state index is 13.4. The summed E-state index contributed by atoms with van der Waals surface area (Å²) in [7, 11) is -3.66. The van der Waals surface area contributed by atoms with Crippen molar-refractivity contribution in [2.75, 3.05) is 17.5 Å². The zero-order valence-electron chi connectivity index (χ0n) is 16.0. The van der Waals surface area contributed by atoms with Crippen LogP contribution in [0, 0.1) is 13.8 Å². The van der Waals surface area contributed by atoms with Crippen molar-refractivity contribution in [3.63, 3.8) is 0 Å². The molecule has 0 saturated heterocycles. The molecule has 0 N–H and O–H groups in total. The number of benzene rings is 2. The molecule has 0 saturated carbocycles. The van der Waals surface area contributed by atoms with E-state index >= 15 is 0 Å². The predicted molar refractivity (Wildman–Crippen MR) is 108 cm³/mol. The van der Waals surface area contributed by atoms with Crippen LogP contribution in [0.3, 0.4) is 0 Å². The summed E-state index contributed by atoms with van der Waals surface area (Å²) in [6.07, 6.45) is 0.729. The van der Waals surface area contributed by atoms with Crippen molar-refractivity contribution in [3.05, 3.63) is 71.5 Å². The summed E-state index contributed by atoms with van der Waals surface area (Å²) in [5, 5.41) is 4.47. The molecule has 2 heterocycles. The van der Waals surface area contributed by atoms with Gasteiger partial charge >= 0.3 is 0 Å². The standard InChI is InChI=1S/C21H23N3O3S/c1-16-21(28(25,26)24-13-12-18-8-6-7-11-20(18)24)17(2)23(22-16)14-15-27-19-9-4-3-5-10-19/h3-11H,12-15H2,1-2H3. The number of aryl methyl sites for hydroxylation is 1. The van der Waals surface area contributed by atoms with Gasteiger partial charge in [-0.2, -0.15) is 5.10 Å². The molecule has 0 unspecified atom stereocenters. The van der Waals surface area contributed by atoms with E-state index in [1.165, 1.54) is 4.31 Å². The zero-order chi connectivity index (χ0) is 19.7. The average Bonchev–Trinajstić information content (AvgIpc) is 3.24. The van der Waals surface area contributed by atoms with E-state index in [2.05, 4.69) is 5.10 Å². The molecular weight excluding hydrogens is 374 g/mol. The van der Waals surface area contributed by atoms with Crippen molar-refractivity contribution in [2.45, 2.75) is 31.7 Å². The summed E-state index contributed by atoms with van der Waals surface area (Å²) in [6, 6.07) is 17.2. The van der Waals surface area contributed by atoms with E-state index in [1.807, 2.05) is 54.6 Å². The van der Waals surface area contributed by atoms with Crippen LogP contribution < -0.4 is 9.04 Å². The lowest BCUT2D eigenvalue weighted by Gasteiger charge is -2.19. The van der Waals surface area contributed by atoms with E-state index in [4.69, 9.17) is 4.74 Å². The second-order valence-electron chi connectivity index (χ2n) is 6.84. The number of aromatic nitrogens is 2. The average molecular weight is 398 g/mol. The molecule has 0 fully saturated rings. The summed E-state index contributed by atoms with van der Waals surface area (Å²) < 4.78 is 35.7. The van der Waals surface area contributed by atoms with E-state index in [0.717, 1.165) is 23.4 Å². The molecule has 0 bridgehead atoms. The third-order valence-electron chi connectivity index (χ3n) is 5.02. The van der Waals surface area contributed by atoms with E-state index < -0.39 is 10.0 Å². The fourth-order valence-electron chi connectivity index (χ4n) is 3.71. The smallest absolute Gasteiger partial charge is 0.268 e. The minimum Gasteiger partial charge on any atom is -0.492 e. The van der Waals surface area contributed by atoms with Crippen LogP contribution in [0.15, 0.2) is 59.5 Å². The Kier molecular flexibility index (Phi) is 4.85. The summed E-state index contributed by atoms with van der Waals surface area (Å²) in [4.78, 5) is 0.295. The molecule has 2 aromatic carbocycles. The number of ether oxygens (including phenoxy) is 1. The van der Waals surface area contributed by atoms with Crippen LogP contribution in [0.1, 0.15) is 17.0 Å². The highest BCUT2D eigenvalue weighted by Gasteiger charge is 2.34. The minimum absolute atomic E-state index is 0.295. The third kappa shape index (κ3) is 3.26. The van der Waals surface area contributed by atoms with Crippen LogP contribution in [0.2, 0.25) is 0 Å². The molecule has 4 rings (SSSR count). The first kappa shape index (κ1) is 18.6. The Hall–Kier alpha value is -2.80. The number of para-hydroxylation sites is 2. The largest absolute Gasteiger partial charge is 0.492 e. The maximum atomic E-state index is 13.4. The highest BCUT2D eigenvalue weighted by atomic mass is 32.2. The van der Waals surface area contributed by atoms with Gasteiger partial charge in [-0.1, -0.05) is 36.4 Å². The monoisotopic (exact) mass is 397 g/mol. The second kappa shape index (κ2) is 7.31. The lowest BCUT2D eigenvalue weighted by molar-refractivity contribution is 0.289. The molecule has 0 radical (unpaired) electrons. The summed E-state index contributed by atoms with van der Waals surface area (Å²) >= 11 is 0. The van der Waals surface area contributed by atoms with Crippen LogP contribution >= 0.6 is 0 Å². The first-order valence-electron chi connectivity index (χ1n) is 9.31. The van der Waals surface area contributed by atoms with Crippen molar-refractivity contribution in [1.82, 2.24) is 9.78 Å². The van der Waals surface area contributed by atoms with Gasteiger partial charge in [-0.15, -0.1) is 0 Å². The van der Waals surface area contributed by atoms with Crippen LogP contribution in [0.4, 0.5) is 5.69 Å². The van der Waals surface area contributed by atoms with E-state index in [0.29, 0.717) is 36.0 Å². The van der Waals surface area contributed by atoms with Crippen molar-refractivity contribution in [2.24, 2.45) is 0 Å². The zero-order valence-corrected chi connectivity index (χ0v) is 16.8. The number of sulfonamides is 1. The Morgan fingerprint density at radius 1 is 1.04 bits per heavy atom. The predicted octanol–water partition coefficient (Wildman–Crippen LogP) is 3.33. The molecular formula is C21H23N3O3S. The SMILES string of the molecule is Cc1nn(CCOc2ccccc2)c(C)c1S(=O)(=O)N1CCc2ccccc21. The van der Waals surface area contributed by atoms with Gasteiger partial charge in [0.15, 0.2) is 0 Å². The fourth-order valence-corrected chi connectivity index (χ4v) is 5.59. The molecule has 1 aliphatic heterocycles. The van der Waals surface area contributed by atoms with Gasteiger partial charge in [0.05, 0.1) is 23.6 Å². The number of anilines is 1. The van der Waals surface area contributed by atoms with Crippen LogP contribution in [0.5, 0.6) is 5.75 Å². The molecule has 1 aromatic heterocycles. The number of fused-ring (bicyclic) bond motifs is 1. The Balaban J connectivity index is 1.57. The number of hydrogen-bond acceptors (Lipinski definition) is 4. The van der Waals surface area contributed by atoms with Gasteiger partial charge in [0.1, 0.15) is 17.3 Å². The Bertz CT molecular complexity index is 1090. The highest BCUT2D eigenvalue weighted by molar-refractivity contribution is 7.93. The van der Waals surface area contributed by atoms with E-state index in [1.54, 1.807) is 18.5 Å². The fraction of sp³-hybridized carbons (Fsp3) is 0.286. The Morgan fingerprint density at radius 2 is 1.75 bits per heavy atom. The van der Waals surface area contributed by atoms with Crippen LogP contribution in [0.25, 0.3) is 0 Å². The van der Waals surface area contributed by atoms with Crippen molar-refractivity contribution >= 4 is 15.7 Å². The van der Waals surface area contributed by atoms with Gasteiger partial charge in [-0.05, 0) is 44.0 Å². The minimum atomic E-state index is -3.66. The number of hydrogen-bond donors (Lipinski definition) is 0. The van der Waals surface area contributed by atoms with Crippen molar-refractivity contribution in [3.8, 4) is 5.75 Å². The van der Waals surface area contributed by atoms with Gasteiger partial charge in [0, 0.05) is 6.54 Å².